The Bertz CT molecular complexity index is 1830. The zero-order valence-corrected chi connectivity index (χ0v) is 24.5. The number of phenols is 2. The third kappa shape index (κ3) is 5.71. The number of pyridine rings is 1. The largest absolute Gasteiger partial charge is 0.508 e. The fourth-order valence-electron chi connectivity index (χ4n) is 5.59. The summed E-state index contributed by atoms with van der Waals surface area (Å²) >= 11 is 0. The summed E-state index contributed by atoms with van der Waals surface area (Å²) in [5.74, 6) is -1.23. The second-order valence-electron chi connectivity index (χ2n) is 11.2. The van der Waals surface area contributed by atoms with Crippen molar-refractivity contribution in [2.45, 2.75) is 57.8 Å². The summed E-state index contributed by atoms with van der Waals surface area (Å²) in [7, 11) is 0. The molecule has 4 aromatic rings. The molecule has 44 heavy (non-hydrogen) atoms. The van der Waals surface area contributed by atoms with Crippen LogP contribution in [0.15, 0.2) is 69.5 Å². The molecule has 3 heterocycles. The first-order valence-electron chi connectivity index (χ1n) is 14.1. The van der Waals surface area contributed by atoms with Crippen LogP contribution < -0.4 is 15.9 Å². The topological polar surface area (TPSA) is 186 Å². The summed E-state index contributed by atoms with van der Waals surface area (Å²) in [6.07, 6.45) is 2.34. The van der Waals surface area contributed by atoms with E-state index in [0.717, 1.165) is 11.6 Å². The van der Waals surface area contributed by atoms with Crippen LogP contribution in [0.1, 0.15) is 54.7 Å². The Morgan fingerprint density at radius 2 is 1.98 bits per heavy atom. The molecule has 0 bridgehead atoms. The van der Waals surface area contributed by atoms with Crippen LogP contribution in [0.25, 0.3) is 11.0 Å². The van der Waals surface area contributed by atoms with Crippen LogP contribution in [-0.4, -0.2) is 49.7 Å². The number of phenolic OH excluding ortho intramolecular Hbond substituents is 2. The van der Waals surface area contributed by atoms with Crippen LogP contribution in [0.5, 0.6) is 17.2 Å². The minimum atomic E-state index is -1.15. The normalized spacial score (nSPS) is 16.7. The minimum Gasteiger partial charge on any atom is -0.508 e. The smallest absolute Gasteiger partial charge is 0.336 e. The maximum absolute atomic E-state index is 13.4. The first kappa shape index (κ1) is 30.6. The molecule has 0 saturated heterocycles. The van der Waals surface area contributed by atoms with Crippen molar-refractivity contribution in [3.05, 3.63) is 98.5 Å². The molecular formula is C33H34N2O9. The second-order valence-corrected chi connectivity index (χ2v) is 11.2. The lowest BCUT2D eigenvalue weighted by atomic mass is 9.80. The molecule has 0 fully saturated rings. The van der Waals surface area contributed by atoms with Gasteiger partial charge in [-0.3, -0.25) is 4.79 Å². The molecule has 2 atom stereocenters. The van der Waals surface area contributed by atoms with Crippen molar-refractivity contribution < 1.29 is 39.1 Å². The number of hydrogen-bond donors (Lipinski definition) is 5. The Hall–Kier alpha value is -4.87. The molecular weight excluding hydrogens is 568 g/mol. The fraction of sp³-hybridized carbons (Fsp3) is 0.303. The van der Waals surface area contributed by atoms with E-state index < -0.39 is 48.0 Å². The SMILES string of the molecule is CC=C(CO)C(=O)OC1Cc2c(c(C(Cc3cccc(O)c3)c3ccnc(N)c3)c3oc(CO)cc(=O)c3c2O)OC1(C)C. The summed E-state index contributed by atoms with van der Waals surface area (Å²) in [6, 6.07) is 11.3. The number of aromatic nitrogens is 1. The van der Waals surface area contributed by atoms with E-state index in [2.05, 4.69) is 4.98 Å². The van der Waals surface area contributed by atoms with E-state index in [1.54, 1.807) is 57.3 Å². The van der Waals surface area contributed by atoms with Gasteiger partial charge in [0.1, 0.15) is 58.1 Å². The number of aliphatic hydroxyl groups is 2. The summed E-state index contributed by atoms with van der Waals surface area (Å²) in [5, 5.41) is 41.1. The van der Waals surface area contributed by atoms with Crippen LogP contribution in [-0.2, 0) is 29.0 Å². The number of fused-ring (bicyclic) bond motifs is 2. The Labute approximate surface area is 252 Å². The second kappa shape index (κ2) is 12.0. The number of esters is 1. The molecule has 1 aliphatic heterocycles. The predicted molar refractivity (Wildman–Crippen MR) is 162 cm³/mol. The number of hydrogen-bond acceptors (Lipinski definition) is 11. The third-order valence-corrected chi connectivity index (χ3v) is 7.91. The average Bonchev–Trinajstić information content (AvgIpc) is 2.97. The van der Waals surface area contributed by atoms with Gasteiger partial charge in [0.15, 0.2) is 5.43 Å². The molecule has 2 aromatic carbocycles. The number of benzene rings is 2. The van der Waals surface area contributed by atoms with Gasteiger partial charge >= 0.3 is 5.97 Å². The minimum absolute atomic E-state index is 0.0149. The van der Waals surface area contributed by atoms with E-state index in [1.807, 2.05) is 6.07 Å². The van der Waals surface area contributed by atoms with Gasteiger partial charge < -0.3 is 40.1 Å². The van der Waals surface area contributed by atoms with Gasteiger partial charge in [-0.25, -0.2) is 9.78 Å². The average molecular weight is 603 g/mol. The van der Waals surface area contributed by atoms with Gasteiger partial charge in [-0.05, 0) is 62.6 Å². The molecule has 11 heteroatoms. The molecule has 0 saturated carbocycles. The maximum atomic E-state index is 13.4. The summed E-state index contributed by atoms with van der Waals surface area (Å²) < 4.78 is 18.4. The van der Waals surface area contributed by atoms with E-state index in [0.29, 0.717) is 11.1 Å². The highest BCUT2D eigenvalue weighted by Crippen LogP contribution is 2.50. The molecule has 0 spiro atoms. The van der Waals surface area contributed by atoms with Crippen molar-refractivity contribution in [2.75, 3.05) is 12.3 Å². The lowest BCUT2D eigenvalue weighted by Gasteiger charge is -2.41. The third-order valence-electron chi connectivity index (χ3n) is 7.91. The first-order valence-corrected chi connectivity index (χ1v) is 14.1. The molecule has 11 nitrogen and oxygen atoms in total. The van der Waals surface area contributed by atoms with Crippen LogP contribution >= 0.6 is 0 Å². The van der Waals surface area contributed by atoms with Gasteiger partial charge in [-0.2, -0.15) is 0 Å². The molecule has 0 aliphatic carbocycles. The van der Waals surface area contributed by atoms with Crippen LogP contribution in [0, 0.1) is 0 Å². The lowest BCUT2D eigenvalue weighted by molar-refractivity contribution is -0.157. The number of rotatable bonds is 8. The number of nitrogens with two attached hydrogens (primary N) is 1. The van der Waals surface area contributed by atoms with E-state index in [1.165, 1.54) is 6.08 Å². The molecule has 1 aliphatic rings. The van der Waals surface area contributed by atoms with E-state index >= 15 is 0 Å². The lowest BCUT2D eigenvalue weighted by Crippen LogP contribution is -2.49. The summed E-state index contributed by atoms with van der Waals surface area (Å²) in [4.78, 5) is 30.4. The molecule has 230 valence electrons. The number of carbonyl (C=O) groups is 1. The highest BCUT2D eigenvalue weighted by Gasteiger charge is 2.44. The van der Waals surface area contributed by atoms with Crippen molar-refractivity contribution in [1.29, 1.82) is 0 Å². The summed E-state index contributed by atoms with van der Waals surface area (Å²) in [6.45, 7) is 3.97. The number of anilines is 1. The Morgan fingerprint density at radius 1 is 1.20 bits per heavy atom. The van der Waals surface area contributed by atoms with E-state index in [4.69, 9.17) is 19.6 Å². The van der Waals surface area contributed by atoms with Crippen molar-refractivity contribution >= 4 is 22.8 Å². The van der Waals surface area contributed by atoms with Crippen LogP contribution in [0.2, 0.25) is 0 Å². The number of nitrogens with zero attached hydrogens (tertiary/aromatic N) is 1. The highest BCUT2D eigenvalue weighted by atomic mass is 16.6. The molecule has 2 aromatic heterocycles. The fourth-order valence-corrected chi connectivity index (χ4v) is 5.59. The van der Waals surface area contributed by atoms with Gasteiger partial charge in [-0.15, -0.1) is 0 Å². The standard InChI is InChI=1S/C33H34N2O9/c1-4-18(15-36)32(41)43-25-14-23-29(40)28-24(39)13-21(16-37)42-31(28)27(30(23)44-33(25,2)3)22(19-8-9-35-26(34)12-19)11-17-6-5-7-20(38)10-17/h4-10,12-13,22,25,36-38,40H,11,14-16H2,1-3H3,(H2,34,35). The van der Waals surface area contributed by atoms with Crippen molar-refractivity contribution in [3.8, 4) is 17.2 Å². The number of allylic oxidation sites excluding steroid dienone is 1. The zero-order chi connectivity index (χ0) is 31.8. The summed E-state index contributed by atoms with van der Waals surface area (Å²) in [5.41, 5.74) is 6.49. The van der Waals surface area contributed by atoms with Gasteiger partial charge in [0.2, 0.25) is 0 Å². The molecule has 6 N–H and O–H groups in total. The van der Waals surface area contributed by atoms with E-state index in [9.17, 15) is 30.0 Å². The van der Waals surface area contributed by atoms with E-state index in [-0.39, 0.29) is 58.0 Å². The highest BCUT2D eigenvalue weighted by molar-refractivity contribution is 5.92. The Kier molecular flexibility index (Phi) is 8.36. The van der Waals surface area contributed by atoms with Crippen molar-refractivity contribution in [3.63, 3.8) is 0 Å². The molecule has 5 rings (SSSR count). The monoisotopic (exact) mass is 602 g/mol. The van der Waals surface area contributed by atoms with Crippen molar-refractivity contribution in [1.82, 2.24) is 4.98 Å². The van der Waals surface area contributed by atoms with Crippen LogP contribution in [0.4, 0.5) is 5.82 Å². The quantitative estimate of drug-likeness (QED) is 0.147. The van der Waals surface area contributed by atoms with Gasteiger partial charge in [0.05, 0.1) is 12.2 Å². The van der Waals surface area contributed by atoms with Crippen molar-refractivity contribution in [2.24, 2.45) is 0 Å². The molecule has 2 unspecified atom stereocenters. The maximum Gasteiger partial charge on any atom is 0.336 e. The number of aliphatic hydroxyl groups excluding tert-OH is 2. The number of nitrogen functional groups attached to an aromatic ring is 1. The Morgan fingerprint density at radius 3 is 2.64 bits per heavy atom. The molecule has 0 radical (unpaired) electrons. The zero-order valence-electron chi connectivity index (χ0n) is 24.5. The predicted octanol–water partition coefficient (Wildman–Crippen LogP) is 3.61. The number of aromatic hydroxyl groups is 2. The first-order chi connectivity index (χ1) is 21.0. The van der Waals surface area contributed by atoms with Gasteiger partial charge in [0.25, 0.3) is 0 Å². The molecule has 0 amide bonds. The van der Waals surface area contributed by atoms with Gasteiger partial charge in [-0.1, -0.05) is 18.2 Å². The van der Waals surface area contributed by atoms with Gasteiger partial charge in [0, 0.05) is 35.7 Å². The Balaban J connectivity index is 1.81. The number of ether oxygens (including phenoxy) is 2. The number of carbonyl (C=O) groups excluding carboxylic acids is 1. The van der Waals surface area contributed by atoms with Crippen LogP contribution in [0.3, 0.4) is 0 Å².